The number of aliphatic carboxylic acids is 1. The smallest absolute Gasteiger partial charge is 0.303 e. The molecule has 0 amide bonds. The fraction of sp³-hybridized carbons (Fsp3) is 0.750. The van der Waals surface area contributed by atoms with Gasteiger partial charge in [0.2, 0.25) is 0 Å². The predicted molar refractivity (Wildman–Crippen MR) is 68.1 cm³/mol. The maximum atomic E-state index is 10.4. The summed E-state index contributed by atoms with van der Waals surface area (Å²) in [6, 6.07) is 0. The molecule has 18 heavy (non-hydrogen) atoms. The molecule has 6 heteroatoms. The lowest BCUT2D eigenvalue weighted by Crippen LogP contribution is -2.20. The summed E-state index contributed by atoms with van der Waals surface area (Å²) in [7, 11) is 0. The summed E-state index contributed by atoms with van der Waals surface area (Å²) in [5.41, 5.74) is 0. The fourth-order valence-corrected chi connectivity index (χ4v) is 1.75. The van der Waals surface area contributed by atoms with Gasteiger partial charge >= 0.3 is 5.97 Å². The lowest BCUT2D eigenvalue weighted by Gasteiger charge is -2.10. The maximum Gasteiger partial charge on any atom is 0.303 e. The standard InChI is InChI=1S/C12H22N4O2/c1-3-16-11(14-9-15-16)8-13-7-6-10(2)4-5-12(17)18/h9-10,13H,3-8H2,1-2H3,(H,17,18). The Morgan fingerprint density at radius 1 is 1.56 bits per heavy atom. The molecule has 6 nitrogen and oxygen atoms in total. The second kappa shape index (κ2) is 7.81. The molecular weight excluding hydrogens is 232 g/mol. The third-order valence-electron chi connectivity index (χ3n) is 2.94. The Hall–Kier alpha value is -1.43. The third-order valence-corrected chi connectivity index (χ3v) is 2.94. The molecule has 1 atom stereocenters. The van der Waals surface area contributed by atoms with Gasteiger partial charge in [0.05, 0.1) is 6.54 Å². The minimum absolute atomic E-state index is 0.255. The fourth-order valence-electron chi connectivity index (χ4n) is 1.75. The van der Waals surface area contributed by atoms with Gasteiger partial charge in [-0.3, -0.25) is 4.79 Å². The van der Waals surface area contributed by atoms with Crippen molar-refractivity contribution in [1.82, 2.24) is 20.1 Å². The van der Waals surface area contributed by atoms with Gasteiger partial charge in [-0.25, -0.2) is 9.67 Å². The number of rotatable bonds is 9. The zero-order valence-corrected chi connectivity index (χ0v) is 11.1. The third kappa shape index (κ3) is 5.27. The minimum atomic E-state index is -0.717. The van der Waals surface area contributed by atoms with Gasteiger partial charge < -0.3 is 10.4 Å². The molecule has 2 N–H and O–H groups in total. The maximum absolute atomic E-state index is 10.4. The quantitative estimate of drug-likeness (QED) is 0.649. The molecule has 1 unspecified atom stereocenters. The van der Waals surface area contributed by atoms with E-state index in [4.69, 9.17) is 5.11 Å². The number of aryl methyl sites for hydroxylation is 1. The largest absolute Gasteiger partial charge is 0.481 e. The Morgan fingerprint density at radius 2 is 2.33 bits per heavy atom. The monoisotopic (exact) mass is 254 g/mol. The first kappa shape index (κ1) is 14.6. The molecule has 1 aromatic heterocycles. The SMILES string of the molecule is CCn1ncnc1CNCCC(C)CCC(=O)O. The number of nitrogens with one attached hydrogen (secondary N) is 1. The van der Waals surface area contributed by atoms with Gasteiger partial charge in [-0.05, 0) is 32.2 Å². The van der Waals surface area contributed by atoms with Crippen molar-refractivity contribution in [2.75, 3.05) is 6.54 Å². The van der Waals surface area contributed by atoms with E-state index in [1.165, 1.54) is 0 Å². The summed E-state index contributed by atoms with van der Waals surface area (Å²) in [6.45, 7) is 6.52. The molecule has 0 aliphatic heterocycles. The van der Waals surface area contributed by atoms with Crippen LogP contribution in [0.25, 0.3) is 0 Å². The zero-order valence-electron chi connectivity index (χ0n) is 11.1. The van der Waals surface area contributed by atoms with Crippen molar-refractivity contribution >= 4 is 5.97 Å². The van der Waals surface area contributed by atoms with Gasteiger partial charge in [-0.15, -0.1) is 0 Å². The summed E-state index contributed by atoms with van der Waals surface area (Å²) < 4.78 is 1.86. The van der Waals surface area contributed by atoms with Crippen LogP contribution in [0.2, 0.25) is 0 Å². The Morgan fingerprint density at radius 3 is 3.00 bits per heavy atom. The van der Waals surface area contributed by atoms with Crippen molar-refractivity contribution in [3.05, 3.63) is 12.2 Å². The number of carboxylic acid groups (broad SMARTS) is 1. The molecule has 1 heterocycles. The van der Waals surface area contributed by atoms with Crippen molar-refractivity contribution in [2.45, 2.75) is 46.2 Å². The topological polar surface area (TPSA) is 80.0 Å². The van der Waals surface area contributed by atoms with Crippen molar-refractivity contribution in [2.24, 2.45) is 5.92 Å². The van der Waals surface area contributed by atoms with E-state index in [1.54, 1.807) is 6.33 Å². The second-order valence-electron chi connectivity index (χ2n) is 4.50. The van der Waals surface area contributed by atoms with Gasteiger partial charge in [0.15, 0.2) is 0 Å². The molecule has 0 saturated heterocycles. The van der Waals surface area contributed by atoms with Crippen LogP contribution >= 0.6 is 0 Å². The highest BCUT2D eigenvalue weighted by Gasteiger charge is 2.06. The molecule has 1 rings (SSSR count). The van der Waals surface area contributed by atoms with Crippen LogP contribution in [0.1, 0.15) is 38.9 Å². The summed E-state index contributed by atoms with van der Waals surface area (Å²) in [5, 5.41) is 16.0. The van der Waals surface area contributed by atoms with Crippen LogP contribution in [-0.2, 0) is 17.9 Å². The van der Waals surface area contributed by atoms with Crippen LogP contribution < -0.4 is 5.32 Å². The molecular formula is C12H22N4O2. The Bertz CT molecular complexity index is 365. The van der Waals surface area contributed by atoms with Crippen molar-refractivity contribution < 1.29 is 9.90 Å². The Labute approximate surface area is 107 Å². The van der Waals surface area contributed by atoms with Gasteiger partial charge in [-0.1, -0.05) is 6.92 Å². The van der Waals surface area contributed by atoms with Crippen LogP contribution in [0.5, 0.6) is 0 Å². The molecule has 0 radical (unpaired) electrons. The Kier molecular flexibility index (Phi) is 6.35. The van der Waals surface area contributed by atoms with Crippen molar-refractivity contribution in [1.29, 1.82) is 0 Å². The average molecular weight is 254 g/mol. The van der Waals surface area contributed by atoms with Crippen LogP contribution in [0.15, 0.2) is 6.33 Å². The molecule has 1 aromatic rings. The van der Waals surface area contributed by atoms with E-state index in [0.29, 0.717) is 12.5 Å². The molecule has 0 saturated carbocycles. The highest BCUT2D eigenvalue weighted by atomic mass is 16.4. The average Bonchev–Trinajstić information content (AvgIpc) is 2.79. The number of nitrogens with zero attached hydrogens (tertiary/aromatic N) is 3. The predicted octanol–water partition coefficient (Wildman–Crippen LogP) is 1.28. The zero-order chi connectivity index (χ0) is 13.4. The van der Waals surface area contributed by atoms with Gasteiger partial charge in [0.1, 0.15) is 12.2 Å². The van der Waals surface area contributed by atoms with Gasteiger partial charge in [-0.2, -0.15) is 5.10 Å². The highest BCUT2D eigenvalue weighted by Crippen LogP contribution is 2.09. The second-order valence-corrected chi connectivity index (χ2v) is 4.50. The molecule has 0 aromatic carbocycles. The molecule has 0 aliphatic carbocycles. The molecule has 0 aliphatic rings. The Balaban J connectivity index is 2.13. The van der Waals surface area contributed by atoms with Crippen LogP contribution in [0.3, 0.4) is 0 Å². The van der Waals surface area contributed by atoms with Crippen molar-refractivity contribution in [3.8, 4) is 0 Å². The van der Waals surface area contributed by atoms with Gasteiger partial charge in [0.25, 0.3) is 0 Å². The summed E-state index contributed by atoms with van der Waals surface area (Å²) in [6.07, 6.45) is 3.54. The normalized spacial score (nSPS) is 12.6. The summed E-state index contributed by atoms with van der Waals surface area (Å²) >= 11 is 0. The number of hydrogen-bond acceptors (Lipinski definition) is 4. The number of carboxylic acids is 1. The lowest BCUT2D eigenvalue weighted by molar-refractivity contribution is -0.137. The molecule has 0 fully saturated rings. The van der Waals surface area contributed by atoms with Crippen LogP contribution in [-0.4, -0.2) is 32.4 Å². The van der Waals surface area contributed by atoms with E-state index in [0.717, 1.165) is 31.8 Å². The van der Waals surface area contributed by atoms with E-state index in [2.05, 4.69) is 22.3 Å². The number of aromatic nitrogens is 3. The number of carbonyl (C=O) groups is 1. The first-order valence-corrected chi connectivity index (χ1v) is 6.42. The van der Waals surface area contributed by atoms with Gasteiger partial charge in [0, 0.05) is 13.0 Å². The summed E-state index contributed by atoms with van der Waals surface area (Å²) in [5.74, 6) is 0.652. The van der Waals surface area contributed by atoms with Crippen LogP contribution in [0.4, 0.5) is 0 Å². The molecule has 0 bridgehead atoms. The molecule has 0 spiro atoms. The first-order valence-electron chi connectivity index (χ1n) is 6.42. The van der Waals surface area contributed by atoms with E-state index in [-0.39, 0.29) is 6.42 Å². The summed E-state index contributed by atoms with van der Waals surface area (Å²) in [4.78, 5) is 14.6. The van der Waals surface area contributed by atoms with E-state index in [1.807, 2.05) is 11.6 Å². The first-order chi connectivity index (χ1) is 8.63. The lowest BCUT2D eigenvalue weighted by atomic mass is 10.0. The van der Waals surface area contributed by atoms with Crippen LogP contribution in [0, 0.1) is 5.92 Å². The van der Waals surface area contributed by atoms with Crippen molar-refractivity contribution in [3.63, 3.8) is 0 Å². The number of hydrogen-bond donors (Lipinski definition) is 2. The van der Waals surface area contributed by atoms with E-state index < -0.39 is 5.97 Å². The van der Waals surface area contributed by atoms with E-state index >= 15 is 0 Å². The highest BCUT2D eigenvalue weighted by molar-refractivity contribution is 5.66. The van der Waals surface area contributed by atoms with E-state index in [9.17, 15) is 4.79 Å². The molecule has 102 valence electrons. The minimum Gasteiger partial charge on any atom is -0.481 e.